The Balaban J connectivity index is 2.11. The van der Waals surface area contributed by atoms with Gasteiger partial charge in [-0.05, 0) is 38.2 Å². The van der Waals surface area contributed by atoms with E-state index >= 15 is 0 Å². The van der Waals surface area contributed by atoms with E-state index in [4.69, 9.17) is 0 Å². The second kappa shape index (κ2) is 6.06. The fraction of sp³-hybridized carbons (Fsp3) is 0.692. The molecule has 1 aromatic rings. The highest BCUT2D eigenvalue weighted by atomic mass is 32.2. The van der Waals surface area contributed by atoms with Crippen LogP contribution in [0.15, 0.2) is 0 Å². The largest absolute Gasteiger partial charge is 0.348 e. The van der Waals surface area contributed by atoms with Crippen molar-refractivity contribution in [3.8, 4) is 0 Å². The molecule has 2 rings (SSSR count). The van der Waals surface area contributed by atoms with Crippen molar-refractivity contribution in [2.24, 2.45) is 0 Å². The molecule has 1 atom stereocenters. The molecular weight excluding hydrogens is 264 g/mol. The Labute approximate surface area is 117 Å². The summed E-state index contributed by atoms with van der Waals surface area (Å²) in [4.78, 5) is 19.7. The first-order chi connectivity index (χ1) is 8.63. The fourth-order valence-electron chi connectivity index (χ4n) is 2.08. The Kier molecular flexibility index (Phi) is 4.67. The van der Waals surface area contributed by atoms with Gasteiger partial charge in [-0.3, -0.25) is 4.79 Å². The summed E-state index contributed by atoms with van der Waals surface area (Å²) in [5, 5.41) is 1.00. The molecule has 1 unspecified atom stereocenters. The van der Waals surface area contributed by atoms with E-state index in [0.29, 0.717) is 12.5 Å². The molecule has 0 radical (unpaired) electrons. The normalized spacial score (nSPS) is 16.5. The number of carbonyl (C=O) groups is 1. The van der Waals surface area contributed by atoms with Gasteiger partial charge in [-0.25, -0.2) is 4.98 Å². The number of nitrogens with zero attached hydrogens (tertiary/aromatic N) is 2. The quantitative estimate of drug-likeness (QED) is 0.831. The van der Waals surface area contributed by atoms with Gasteiger partial charge in [-0.15, -0.1) is 11.3 Å². The Morgan fingerprint density at radius 3 is 2.94 bits per heavy atom. The Morgan fingerprint density at radius 1 is 1.50 bits per heavy atom. The van der Waals surface area contributed by atoms with Crippen LogP contribution in [0.4, 0.5) is 5.13 Å². The van der Waals surface area contributed by atoms with E-state index in [2.05, 4.69) is 30.1 Å². The van der Waals surface area contributed by atoms with Gasteiger partial charge in [0.1, 0.15) is 5.69 Å². The smallest absolute Gasteiger partial charge is 0.186 e. The molecule has 5 heteroatoms. The Morgan fingerprint density at radius 2 is 2.28 bits per heavy atom. The number of hydrogen-bond acceptors (Lipinski definition) is 5. The number of ketones is 1. The first-order valence-electron chi connectivity index (χ1n) is 6.38. The van der Waals surface area contributed by atoms with E-state index < -0.39 is 0 Å². The molecule has 0 saturated carbocycles. The molecule has 0 bridgehead atoms. The zero-order valence-corrected chi connectivity index (χ0v) is 12.9. The number of hydrogen-bond donors (Lipinski definition) is 0. The molecule has 0 N–H and O–H groups in total. The van der Waals surface area contributed by atoms with E-state index in [0.717, 1.165) is 35.8 Å². The lowest BCUT2D eigenvalue weighted by molar-refractivity contribution is 0.0968. The third kappa shape index (κ3) is 2.88. The molecule has 1 aliphatic rings. The number of Topliss-reactive ketones (excluding diaryl/α,β-unsaturated/α-hetero) is 1. The van der Waals surface area contributed by atoms with Crippen LogP contribution in [0.25, 0.3) is 0 Å². The van der Waals surface area contributed by atoms with Crippen LogP contribution >= 0.6 is 23.1 Å². The van der Waals surface area contributed by atoms with Gasteiger partial charge in [0.25, 0.3) is 0 Å². The van der Waals surface area contributed by atoms with Crippen molar-refractivity contribution in [2.45, 2.75) is 38.6 Å². The van der Waals surface area contributed by atoms with Crippen molar-refractivity contribution in [3.63, 3.8) is 0 Å². The Hall–Kier alpha value is -0.550. The second-order valence-corrected chi connectivity index (χ2v) is 6.83. The maximum Gasteiger partial charge on any atom is 0.186 e. The zero-order chi connectivity index (χ0) is 13.1. The third-order valence-electron chi connectivity index (χ3n) is 3.46. The summed E-state index contributed by atoms with van der Waals surface area (Å²) >= 11 is 3.57. The van der Waals surface area contributed by atoms with Crippen molar-refractivity contribution >= 4 is 34.0 Å². The first-order valence-corrected chi connectivity index (χ1v) is 8.59. The molecule has 0 aliphatic heterocycles. The number of rotatable bonds is 5. The summed E-state index contributed by atoms with van der Waals surface area (Å²) in [6.07, 6.45) is 5.95. The average molecular weight is 284 g/mol. The van der Waals surface area contributed by atoms with Gasteiger partial charge in [0.05, 0.1) is 0 Å². The van der Waals surface area contributed by atoms with Crippen molar-refractivity contribution in [3.05, 3.63) is 10.6 Å². The number of carbonyl (C=O) groups excluding carboxylic acids is 1. The lowest BCUT2D eigenvalue weighted by Gasteiger charge is -2.23. The topological polar surface area (TPSA) is 33.2 Å². The highest BCUT2D eigenvalue weighted by Crippen LogP contribution is 2.32. The monoisotopic (exact) mass is 284 g/mol. The van der Waals surface area contributed by atoms with Crippen LogP contribution in [-0.4, -0.2) is 35.9 Å². The van der Waals surface area contributed by atoms with Gasteiger partial charge >= 0.3 is 0 Å². The highest BCUT2D eigenvalue weighted by Gasteiger charge is 2.24. The molecule has 100 valence electrons. The maximum absolute atomic E-state index is 11.8. The van der Waals surface area contributed by atoms with Crippen LogP contribution in [0.1, 0.15) is 41.6 Å². The number of aryl methyl sites for hydroxylation is 1. The molecule has 3 nitrogen and oxygen atoms in total. The molecule has 18 heavy (non-hydrogen) atoms. The van der Waals surface area contributed by atoms with Crippen LogP contribution < -0.4 is 4.90 Å². The van der Waals surface area contributed by atoms with Crippen molar-refractivity contribution in [2.75, 3.05) is 24.0 Å². The molecular formula is C13H20N2OS2. The first kappa shape index (κ1) is 13.9. The van der Waals surface area contributed by atoms with Crippen LogP contribution in [0.3, 0.4) is 0 Å². The summed E-state index contributed by atoms with van der Waals surface area (Å²) < 4.78 is 0. The van der Waals surface area contributed by atoms with E-state index in [9.17, 15) is 4.79 Å². The van der Waals surface area contributed by atoms with Crippen LogP contribution in [-0.2, 0) is 6.42 Å². The third-order valence-corrected chi connectivity index (χ3v) is 5.31. The molecule has 0 aromatic carbocycles. The van der Waals surface area contributed by atoms with Gasteiger partial charge in [0.2, 0.25) is 0 Å². The predicted octanol–water partition coefficient (Wildman–Crippen LogP) is 3.24. The SMILES string of the molecule is CSCCC(C)N(C)c1nc2c(s1)CCCC2=O. The molecule has 1 heterocycles. The van der Waals surface area contributed by atoms with Gasteiger partial charge in [0.15, 0.2) is 10.9 Å². The van der Waals surface area contributed by atoms with Crippen LogP contribution in [0.5, 0.6) is 0 Å². The standard InChI is InChI=1S/C13H20N2OS2/c1-9(7-8-17-3)15(2)13-14-12-10(16)5-4-6-11(12)18-13/h9H,4-8H2,1-3H3. The molecule has 1 aromatic heterocycles. The summed E-state index contributed by atoms with van der Waals surface area (Å²) in [6, 6.07) is 0.472. The summed E-state index contributed by atoms with van der Waals surface area (Å²) in [5.74, 6) is 1.39. The summed E-state index contributed by atoms with van der Waals surface area (Å²) in [5.41, 5.74) is 0.741. The zero-order valence-electron chi connectivity index (χ0n) is 11.2. The molecule has 0 spiro atoms. The minimum absolute atomic E-state index is 0.226. The predicted molar refractivity (Wildman–Crippen MR) is 80.2 cm³/mol. The molecule has 0 fully saturated rings. The second-order valence-electron chi connectivity index (χ2n) is 4.79. The molecule has 0 amide bonds. The lowest BCUT2D eigenvalue weighted by atomic mass is 10.0. The highest BCUT2D eigenvalue weighted by molar-refractivity contribution is 7.98. The van der Waals surface area contributed by atoms with E-state index in [1.165, 1.54) is 4.88 Å². The minimum Gasteiger partial charge on any atom is -0.348 e. The van der Waals surface area contributed by atoms with E-state index in [1.807, 2.05) is 11.8 Å². The van der Waals surface area contributed by atoms with Crippen LogP contribution in [0.2, 0.25) is 0 Å². The lowest BCUT2D eigenvalue weighted by Crippen LogP contribution is -2.29. The summed E-state index contributed by atoms with van der Waals surface area (Å²) in [7, 11) is 2.08. The van der Waals surface area contributed by atoms with E-state index in [-0.39, 0.29) is 5.78 Å². The maximum atomic E-state index is 11.8. The van der Waals surface area contributed by atoms with Gasteiger partial charge < -0.3 is 4.90 Å². The molecule has 1 aliphatic carbocycles. The average Bonchev–Trinajstić information content (AvgIpc) is 2.80. The number of thiazole rings is 1. The summed E-state index contributed by atoms with van der Waals surface area (Å²) in [6.45, 7) is 2.22. The van der Waals surface area contributed by atoms with Crippen molar-refractivity contribution in [1.29, 1.82) is 0 Å². The van der Waals surface area contributed by atoms with Gasteiger partial charge in [-0.1, -0.05) is 0 Å². The van der Waals surface area contributed by atoms with Crippen molar-refractivity contribution < 1.29 is 4.79 Å². The number of anilines is 1. The van der Waals surface area contributed by atoms with E-state index in [1.54, 1.807) is 11.3 Å². The number of fused-ring (bicyclic) bond motifs is 1. The molecule has 0 saturated heterocycles. The Bertz CT molecular complexity index is 431. The number of thioether (sulfide) groups is 1. The van der Waals surface area contributed by atoms with Crippen molar-refractivity contribution in [1.82, 2.24) is 4.98 Å². The minimum atomic E-state index is 0.226. The van der Waals surface area contributed by atoms with Gasteiger partial charge in [-0.2, -0.15) is 11.8 Å². The van der Waals surface area contributed by atoms with Gasteiger partial charge in [0, 0.05) is 24.4 Å². The number of aromatic nitrogens is 1. The van der Waals surface area contributed by atoms with Crippen LogP contribution in [0, 0.1) is 0 Å². The fourth-order valence-corrected chi connectivity index (χ4v) is 3.84.